The summed E-state index contributed by atoms with van der Waals surface area (Å²) in [6, 6.07) is 15.0. The van der Waals surface area contributed by atoms with Gasteiger partial charge in [-0.05, 0) is 55.8 Å². The molecule has 0 atom stereocenters. The molecule has 4 aromatic rings. The number of amides is 1. The highest BCUT2D eigenvalue weighted by molar-refractivity contribution is 6.12. The number of aryl methyl sites for hydroxylation is 2. The fourth-order valence-corrected chi connectivity index (χ4v) is 2.94. The van der Waals surface area contributed by atoms with Crippen LogP contribution in [0.1, 0.15) is 21.6 Å². The predicted molar refractivity (Wildman–Crippen MR) is 101 cm³/mol. The highest BCUT2D eigenvalue weighted by atomic mass is 16.1. The third kappa shape index (κ3) is 2.82. The maximum atomic E-state index is 12.7. The lowest BCUT2D eigenvalue weighted by molar-refractivity contribution is 0.102. The standard InChI is InChI=1S/C20H17N5O/c1-13-5-10-18(17-4-3-11-21-19(13)17)20(26)23-15-6-8-16(9-7-15)25-14(2)12-22-24-25/h3-12H,1-2H3,(H,23,26). The lowest BCUT2D eigenvalue weighted by Crippen LogP contribution is -2.13. The summed E-state index contributed by atoms with van der Waals surface area (Å²) < 4.78 is 1.74. The van der Waals surface area contributed by atoms with Gasteiger partial charge in [0, 0.05) is 22.8 Å². The first-order valence-corrected chi connectivity index (χ1v) is 8.27. The van der Waals surface area contributed by atoms with E-state index in [-0.39, 0.29) is 5.91 Å². The van der Waals surface area contributed by atoms with E-state index in [4.69, 9.17) is 0 Å². The van der Waals surface area contributed by atoms with E-state index in [1.165, 1.54) is 0 Å². The van der Waals surface area contributed by atoms with Gasteiger partial charge < -0.3 is 5.32 Å². The Morgan fingerprint density at radius 3 is 2.58 bits per heavy atom. The molecule has 2 aromatic carbocycles. The van der Waals surface area contributed by atoms with Gasteiger partial charge in [-0.2, -0.15) is 0 Å². The van der Waals surface area contributed by atoms with E-state index < -0.39 is 0 Å². The monoisotopic (exact) mass is 343 g/mol. The third-order valence-corrected chi connectivity index (χ3v) is 4.31. The molecule has 0 spiro atoms. The van der Waals surface area contributed by atoms with Crippen LogP contribution in [0.4, 0.5) is 5.69 Å². The molecule has 0 aliphatic carbocycles. The van der Waals surface area contributed by atoms with Crippen molar-refractivity contribution in [3.05, 3.63) is 77.7 Å². The highest BCUT2D eigenvalue weighted by Crippen LogP contribution is 2.22. The Kier molecular flexibility index (Phi) is 3.93. The SMILES string of the molecule is Cc1ccc(C(=O)Nc2ccc(-n3nncc3C)cc2)c2cccnc12. The largest absolute Gasteiger partial charge is 0.322 e. The van der Waals surface area contributed by atoms with Gasteiger partial charge in [-0.15, -0.1) is 5.10 Å². The maximum absolute atomic E-state index is 12.7. The van der Waals surface area contributed by atoms with Crippen LogP contribution in [0.15, 0.2) is 60.9 Å². The number of hydrogen-bond donors (Lipinski definition) is 1. The van der Waals surface area contributed by atoms with Crippen molar-refractivity contribution in [2.75, 3.05) is 5.32 Å². The molecule has 6 nitrogen and oxygen atoms in total. The molecule has 2 aromatic heterocycles. The number of carbonyl (C=O) groups excluding carboxylic acids is 1. The summed E-state index contributed by atoms with van der Waals surface area (Å²) in [5.74, 6) is -0.160. The van der Waals surface area contributed by atoms with Crippen LogP contribution in [0, 0.1) is 13.8 Å². The van der Waals surface area contributed by atoms with E-state index in [2.05, 4.69) is 20.6 Å². The van der Waals surface area contributed by atoms with Crippen LogP contribution in [0.3, 0.4) is 0 Å². The number of carbonyl (C=O) groups is 1. The number of rotatable bonds is 3. The quantitative estimate of drug-likeness (QED) is 0.616. The number of aromatic nitrogens is 4. The van der Waals surface area contributed by atoms with Gasteiger partial charge in [0.2, 0.25) is 0 Å². The summed E-state index contributed by atoms with van der Waals surface area (Å²) in [6.07, 6.45) is 3.44. The minimum Gasteiger partial charge on any atom is -0.322 e. The first-order chi connectivity index (χ1) is 12.6. The van der Waals surface area contributed by atoms with Crippen LogP contribution in [0.5, 0.6) is 0 Å². The second-order valence-corrected chi connectivity index (χ2v) is 6.12. The highest BCUT2D eigenvalue weighted by Gasteiger charge is 2.12. The first kappa shape index (κ1) is 16.0. The minimum atomic E-state index is -0.160. The van der Waals surface area contributed by atoms with Crippen molar-refractivity contribution in [1.82, 2.24) is 20.0 Å². The van der Waals surface area contributed by atoms with Crippen LogP contribution in [0.25, 0.3) is 16.6 Å². The van der Waals surface area contributed by atoms with Crippen molar-refractivity contribution in [3.8, 4) is 5.69 Å². The van der Waals surface area contributed by atoms with E-state index >= 15 is 0 Å². The molecule has 26 heavy (non-hydrogen) atoms. The molecule has 0 unspecified atom stereocenters. The van der Waals surface area contributed by atoms with Crippen LogP contribution >= 0.6 is 0 Å². The van der Waals surface area contributed by atoms with Crippen LogP contribution in [-0.4, -0.2) is 25.9 Å². The Labute approximate surface area is 150 Å². The van der Waals surface area contributed by atoms with Crippen LogP contribution in [-0.2, 0) is 0 Å². The summed E-state index contributed by atoms with van der Waals surface area (Å²) in [5, 5.41) is 11.7. The molecule has 2 heterocycles. The zero-order valence-electron chi connectivity index (χ0n) is 14.5. The van der Waals surface area contributed by atoms with E-state index in [0.717, 1.165) is 27.8 Å². The second kappa shape index (κ2) is 6.40. The molecule has 0 bridgehead atoms. The molecule has 0 saturated heterocycles. The molecule has 1 N–H and O–H groups in total. The molecule has 0 saturated carbocycles. The van der Waals surface area contributed by atoms with Gasteiger partial charge in [0.05, 0.1) is 23.1 Å². The van der Waals surface area contributed by atoms with Gasteiger partial charge in [-0.3, -0.25) is 9.78 Å². The molecule has 0 radical (unpaired) electrons. The number of benzene rings is 2. The van der Waals surface area contributed by atoms with Gasteiger partial charge in [0.1, 0.15) is 0 Å². The zero-order valence-corrected chi connectivity index (χ0v) is 14.5. The van der Waals surface area contributed by atoms with Gasteiger partial charge >= 0.3 is 0 Å². The van der Waals surface area contributed by atoms with E-state index in [0.29, 0.717) is 11.3 Å². The molecule has 0 aliphatic heterocycles. The average Bonchev–Trinajstić information content (AvgIpc) is 3.09. The Bertz CT molecular complexity index is 1100. The topological polar surface area (TPSA) is 72.7 Å². The number of anilines is 1. The smallest absolute Gasteiger partial charge is 0.256 e. The van der Waals surface area contributed by atoms with Crippen molar-refractivity contribution < 1.29 is 4.79 Å². The summed E-state index contributed by atoms with van der Waals surface area (Å²) in [7, 11) is 0. The molecule has 128 valence electrons. The molecule has 1 amide bonds. The lowest BCUT2D eigenvalue weighted by atomic mass is 10.0. The zero-order chi connectivity index (χ0) is 18.1. The summed E-state index contributed by atoms with van der Waals surface area (Å²) in [6.45, 7) is 3.92. The Hall–Kier alpha value is -3.54. The predicted octanol–water partition coefficient (Wildman–Crippen LogP) is 3.68. The molecular formula is C20H17N5O. The fourth-order valence-electron chi connectivity index (χ4n) is 2.94. The summed E-state index contributed by atoms with van der Waals surface area (Å²) in [4.78, 5) is 17.1. The number of pyridine rings is 1. The molecular weight excluding hydrogens is 326 g/mol. The maximum Gasteiger partial charge on any atom is 0.256 e. The van der Waals surface area contributed by atoms with Crippen LogP contribution in [0.2, 0.25) is 0 Å². The number of hydrogen-bond acceptors (Lipinski definition) is 4. The van der Waals surface area contributed by atoms with Gasteiger partial charge in [0.25, 0.3) is 5.91 Å². The molecule has 6 heteroatoms. The average molecular weight is 343 g/mol. The number of nitrogens with one attached hydrogen (secondary N) is 1. The summed E-state index contributed by atoms with van der Waals surface area (Å²) in [5.41, 5.74) is 5.05. The van der Waals surface area contributed by atoms with Crippen molar-refractivity contribution >= 4 is 22.5 Å². The number of nitrogens with zero attached hydrogens (tertiary/aromatic N) is 4. The van der Waals surface area contributed by atoms with Crippen molar-refractivity contribution in [3.63, 3.8) is 0 Å². The third-order valence-electron chi connectivity index (χ3n) is 4.31. The number of fused-ring (bicyclic) bond motifs is 1. The van der Waals surface area contributed by atoms with E-state index in [1.807, 2.05) is 62.4 Å². The molecule has 0 fully saturated rings. The van der Waals surface area contributed by atoms with Crippen LogP contribution < -0.4 is 5.32 Å². The normalized spacial score (nSPS) is 10.8. The Morgan fingerprint density at radius 1 is 1.04 bits per heavy atom. The molecule has 0 aliphatic rings. The van der Waals surface area contributed by atoms with Gasteiger partial charge in [-0.25, -0.2) is 4.68 Å². The van der Waals surface area contributed by atoms with E-state index in [1.54, 1.807) is 17.1 Å². The van der Waals surface area contributed by atoms with Crippen molar-refractivity contribution in [2.45, 2.75) is 13.8 Å². The Balaban J connectivity index is 1.61. The van der Waals surface area contributed by atoms with Crippen molar-refractivity contribution in [2.24, 2.45) is 0 Å². The first-order valence-electron chi connectivity index (χ1n) is 8.27. The van der Waals surface area contributed by atoms with Gasteiger partial charge in [-0.1, -0.05) is 17.3 Å². The summed E-state index contributed by atoms with van der Waals surface area (Å²) >= 11 is 0. The van der Waals surface area contributed by atoms with Crippen molar-refractivity contribution in [1.29, 1.82) is 0 Å². The minimum absolute atomic E-state index is 0.160. The fraction of sp³-hybridized carbons (Fsp3) is 0.100. The van der Waals surface area contributed by atoms with E-state index in [9.17, 15) is 4.79 Å². The van der Waals surface area contributed by atoms with Gasteiger partial charge in [0.15, 0.2) is 0 Å². The lowest BCUT2D eigenvalue weighted by Gasteiger charge is -2.10. The second-order valence-electron chi connectivity index (χ2n) is 6.12. The Morgan fingerprint density at radius 2 is 1.85 bits per heavy atom. The molecule has 4 rings (SSSR count).